The molecule has 0 heterocycles. The molecule has 1 aromatic carbocycles. The van der Waals surface area contributed by atoms with Crippen molar-refractivity contribution in [1.82, 2.24) is 5.32 Å². The Kier molecular flexibility index (Phi) is 6.05. The van der Waals surface area contributed by atoms with Crippen LogP contribution in [0.3, 0.4) is 0 Å². The maximum atomic E-state index is 11.8. The highest BCUT2D eigenvalue weighted by Gasteiger charge is 2.24. The number of aliphatic hydroxyl groups excluding tert-OH is 1. The van der Waals surface area contributed by atoms with Gasteiger partial charge in [0, 0.05) is 6.42 Å². The van der Waals surface area contributed by atoms with E-state index in [9.17, 15) is 9.90 Å². The topological polar surface area (TPSA) is 58.6 Å². The van der Waals surface area contributed by atoms with Crippen molar-refractivity contribution in [2.45, 2.75) is 57.6 Å². The van der Waals surface area contributed by atoms with Gasteiger partial charge in [-0.1, -0.05) is 30.5 Å². The van der Waals surface area contributed by atoms with Gasteiger partial charge in [-0.3, -0.25) is 4.79 Å². The first-order chi connectivity index (χ1) is 10.1. The van der Waals surface area contributed by atoms with Gasteiger partial charge in [0.25, 0.3) is 0 Å². The molecule has 0 bridgehead atoms. The van der Waals surface area contributed by atoms with E-state index in [-0.39, 0.29) is 18.1 Å². The summed E-state index contributed by atoms with van der Waals surface area (Å²) >= 11 is 0. The summed E-state index contributed by atoms with van der Waals surface area (Å²) in [4.78, 5) is 11.8. The molecular formula is C17H25NO3. The van der Waals surface area contributed by atoms with Crippen LogP contribution in [0.15, 0.2) is 24.3 Å². The van der Waals surface area contributed by atoms with E-state index in [0.29, 0.717) is 19.4 Å². The molecule has 0 saturated heterocycles. The number of aryl methyl sites for hydroxylation is 1. The highest BCUT2D eigenvalue weighted by molar-refractivity contribution is 5.76. The molecule has 0 radical (unpaired) electrons. The summed E-state index contributed by atoms with van der Waals surface area (Å²) in [5, 5.41) is 12.8. The number of ether oxygens (including phenoxy) is 1. The summed E-state index contributed by atoms with van der Waals surface area (Å²) in [5.74, 6) is 0.845. The van der Waals surface area contributed by atoms with Gasteiger partial charge >= 0.3 is 0 Å². The highest BCUT2D eigenvalue weighted by Crippen LogP contribution is 2.18. The molecule has 1 fully saturated rings. The molecule has 1 saturated carbocycles. The molecule has 2 rings (SSSR count). The zero-order valence-electron chi connectivity index (χ0n) is 12.7. The van der Waals surface area contributed by atoms with Crippen LogP contribution in [0.2, 0.25) is 0 Å². The molecule has 0 aliphatic heterocycles. The minimum atomic E-state index is -0.383. The van der Waals surface area contributed by atoms with E-state index in [2.05, 4.69) is 5.32 Å². The molecule has 2 atom stereocenters. The van der Waals surface area contributed by atoms with E-state index in [1.165, 1.54) is 5.56 Å². The Morgan fingerprint density at radius 1 is 1.29 bits per heavy atom. The van der Waals surface area contributed by atoms with Gasteiger partial charge in [-0.2, -0.15) is 0 Å². The van der Waals surface area contributed by atoms with Crippen LogP contribution in [-0.4, -0.2) is 29.8 Å². The number of hydrogen-bond donors (Lipinski definition) is 2. The van der Waals surface area contributed by atoms with E-state index >= 15 is 0 Å². The van der Waals surface area contributed by atoms with Gasteiger partial charge in [0.15, 0.2) is 0 Å². The van der Waals surface area contributed by atoms with Gasteiger partial charge in [-0.25, -0.2) is 0 Å². The lowest BCUT2D eigenvalue weighted by molar-refractivity contribution is -0.123. The minimum Gasteiger partial charge on any atom is -0.494 e. The largest absolute Gasteiger partial charge is 0.494 e. The van der Waals surface area contributed by atoms with Crippen LogP contribution in [0.4, 0.5) is 0 Å². The Hall–Kier alpha value is -1.55. The predicted octanol–water partition coefficient (Wildman–Crippen LogP) is 2.57. The first kappa shape index (κ1) is 15.8. The molecule has 0 aromatic heterocycles. The maximum Gasteiger partial charge on any atom is 0.220 e. The van der Waals surface area contributed by atoms with Crippen molar-refractivity contribution in [3.05, 3.63) is 29.8 Å². The molecule has 1 amide bonds. The van der Waals surface area contributed by atoms with Crippen LogP contribution >= 0.6 is 0 Å². The van der Waals surface area contributed by atoms with E-state index in [4.69, 9.17) is 4.74 Å². The summed E-state index contributed by atoms with van der Waals surface area (Å²) in [6, 6.07) is 7.82. The quantitative estimate of drug-likeness (QED) is 0.792. The van der Waals surface area contributed by atoms with E-state index in [1.807, 2.05) is 31.2 Å². The molecule has 4 heteroatoms. The third-order valence-corrected chi connectivity index (χ3v) is 3.91. The summed E-state index contributed by atoms with van der Waals surface area (Å²) in [5.41, 5.74) is 1.20. The van der Waals surface area contributed by atoms with E-state index in [0.717, 1.165) is 31.4 Å². The standard InChI is InChI=1S/C17H25NO3/c1-13-8-10-14(11-9-13)21-12-4-7-17(20)18-15-5-2-3-6-16(15)19/h8-11,15-16,19H,2-7,12H2,1H3,(H,18,20)/t15-,16-/m1/s1. The predicted molar refractivity (Wildman–Crippen MR) is 82.3 cm³/mol. The van der Waals surface area contributed by atoms with Crippen LogP contribution in [-0.2, 0) is 4.79 Å². The van der Waals surface area contributed by atoms with Gasteiger partial charge in [0.05, 0.1) is 18.8 Å². The first-order valence-electron chi connectivity index (χ1n) is 7.82. The number of nitrogens with one attached hydrogen (secondary N) is 1. The number of carbonyl (C=O) groups is 1. The molecule has 1 aliphatic rings. The Labute approximate surface area is 126 Å². The van der Waals surface area contributed by atoms with E-state index in [1.54, 1.807) is 0 Å². The van der Waals surface area contributed by atoms with Crippen LogP contribution in [0, 0.1) is 6.92 Å². The number of carbonyl (C=O) groups excluding carboxylic acids is 1. The fourth-order valence-electron chi connectivity index (χ4n) is 2.62. The number of amides is 1. The van der Waals surface area contributed by atoms with Crippen molar-refractivity contribution in [3.8, 4) is 5.75 Å². The van der Waals surface area contributed by atoms with Gasteiger partial charge in [0.2, 0.25) is 5.91 Å². The maximum absolute atomic E-state index is 11.8. The van der Waals surface area contributed by atoms with Crippen LogP contribution in [0.25, 0.3) is 0 Å². The van der Waals surface area contributed by atoms with Crippen molar-refractivity contribution < 1.29 is 14.6 Å². The van der Waals surface area contributed by atoms with Crippen molar-refractivity contribution in [2.75, 3.05) is 6.61 Å². The number of benzene rings is 1. The SMILES string of the molecule is Cc1ccc(OCCCC(=O)N[C@@H]2CCCC[C@H]2O)cc1. The van der Waals surface area contributed by atoms with Gasteiger partial charge in [-0.05, 0) is 38.3 Å². The molecule has 4 nitrogen and oxygen atoms in total. The Morgan fingerprint density at radius 3 is 2.71 bits per heavy atom. The average molecular weight is 291 g/mol. The van der Waals surface area contributed by atoms with Crippen LogP contribution in [0.5, 0.6) is 5.75 Å². The minimum absolute atomic E-state index is 0.00783. The summed E-state index contributed by atoms with van der Waals surface area (Å²) in [6.07, 6.45) is 4.55. The normalized spacial score (nSPS) is 21.8. The molecule has 21 heavy (non-hydrogen) atoms. The lowest BCUT2D eigenvalue weighted by Crippen LogP contribution is -2.45. The second-order valence-electron chi connectivity index (χ2n) is 5.79. The lowest BCUT2D eigenvalue weighted by Gasteiger charge is -2.28. The second kappa shape index (κ2) is 8.03. The van der Waals surface area contributed by atoms with Crippen molar-refractivity contribution in [1.29, 1.82) is 0 Å². The fraction of sp³-hybridized carbons (Fsp3) is 0.588. The molecule has 1 aromatic rings. The van der Waals surface area contributed by atoms with Gasteiger partial charge in [0.1, 0.15) is 5.75 Å². The second-order valence-corrected chi connectivity index (χ2v) is 5.79. The van der Waals surface area contributed by atoms with E-state index < -0.39 is 0 Å². The summed E-state index contributed by atoms with van der Waals surface area (Å²) in [6.45, 7) is 2.57. The third-order valence-electron chi connectivity index (χ3n) is 3.91. The van der Waals surface area contributed by atoms with Gasteiger partial charge in [-0.15, -0.1) is 0 Å². The molecule has 2 N–H and O–H groups in total. The smallest absolute Gasteiger partial charge is 0.220 e. The Morgan fingerprint density at radius 2 is 2.00 bits per heavy atom. The number of hydrogen-bond acceptors (Lipinski definition) is 3. The number of aliphatic hydroxyl groups is 1. The molecule has 0 unspecified atom stereocenters. The number of rotatable bonds is 6. The summed E-state index contributed by atoms with van der Waals surface area (Å²) < 4.78 is 5.59. The van der Waals surface area contributed by atoms with Crippen molar-refractivity contribution >= 4 is 5.91 Å². The molecule has 116 valence electrons. The summed E-state index contributed by atoms with van der Waals surface area (Å²) in [7, 11) is 0. The average Bonchev–Trinajstić information content (AvgIpc) is 2.48. The molecule has 1 aliphatic carbocycles. The zero-order valence-corrected chi connectivity index (χ0v) is 12.7. The van der Waals surface area contributed by atoms with Crippen LogP contribution < -0.4 is 10.1 Å². The van der Waals surface area contributed by atoms with Crippen molar-refractivity contribution in [3.63, 3.8) is 0 Å². The van der Waals surface area contributed by atoms with Crippen LogP contribution in [0.1, 0.15) is 44.1 Å². The fourth-order valence-corrected chi connectivity index (χ4v) is 2.62. The third kappa shape index (κ3) is 5.38. The lowest BCUT2D eigenvalue weighted by atomic mass is 9.92. The highest BCUT2D eigenvalue weighted by atomic mass is 16.5. The zero-order chi connectivity index (χ0) is 15.1. The first-order valence-corrected chi connectivity index (χ1v) is 7.82. The molecular weight excluding hydrogens is 266 g/mol. The van der Waals surface area contributed by atoms with Crippen molar-refractivity contribution in [2.24, 2.45) is 0 Å². The Bertz CT molecular complexity index is 444. The molecule has 0 spiro atoms. The van der Waals surface area contributed by atoms with Gasteiger partial charge < -0.3 is 15.2 Å². The Balaban J connectivity index is 1.61. The monoisotopic (exact) mass is 291 g/mol.